The van der Waals surface area contributed by atoms with E-state index in [1.165, 1.54) is 12.1 Å². The van der Waals surface area contributed by atoms with Crippen LogP contribution in [0.3, 0.4) is 0 Å². The molecular weight excluding hydrogens is 346 g/mol. The largest absolute Gasteiger partial charge is 0.493 e. The summed E-state index contributed by atoms with van der Waals surface area (Å²) in [6, 6.07) is 12.0. The van der Waals surface area contributed by atoms with Crippen LogP contribution in [-0.2, 0) is 0 Å². The van der Waals surface area contributed by atoms with Gasteiger partial charge in [0, 0.05) is 37.2 Å². The molecule has 0 bridgehead atoms. The van der Waals surface area contributed by atoms with Crippen LogP contribution in [0.15, 0.2) is 42.5 Å². The molecule has 0 spiro atoms. The smallest absolute Gasteiger partial charge is 0.270 e. The van der Waals surface area contributed by atoms with Crippen LogP contribution in [0.4, 0.5) is 11.4 Å². The number of ether oxygens (including phenoxy) is 1. The number of fused-ring (bicyclic) bond motifs is 1. The third kappa shape index (κ3) is 3.45. The summed E-state index contributed by atoms with van der Waals surface area (Å²) < 4.78 is 5.65. The molecule has 2 aliphatic heterocycles. The molecule has 2 aromatic carbocycles. The number of nitrogens with one attached hydrogen (secondary N) is 1. The van der Waals surface area contributed by atoms with Crippen molar-refractivity contribution in [1.29, 1.82) is 0 Å². The molecule has 27 heavy (non-hydrogen) atoms. The van der Waals surface area contributed by atoms with Crippen LogP contribution in [0.2, 0.25) is 0 Å². The molecule has 1 N–H and O–H groups in total. The van der Waals surface area contributed by atoms with Gasteiger partial charge in [-0.1, -0.05) is 18.2 Å². The Hall–Kier alpha value is -3.09. The van der Waals surface area contributed by atoms with Crippen molar-refractivity contribution in [2.45, 2.75) is 25.3 Å². The molecule has 1 amide bonds. The molecule has 0 unspecified atom stereocenters. The Balaban J connectivity index is 1.65. The Kier molecular flexibility index (Phi) is 4.66. The SMILES string of the molecule is O=C(N[C@H]1CCOc2ccccc21)c1cc([N+](=O)[O-])ccc1N1CCCC1. The summed E-state index contributed by atoms with van der Waals surface area (Å²) in [4.78, 5) is 25.9. The lowest BCUT2D eigenvalue weighted by Gasteiger charge is -2.27. The normalized spacial score (nSPS) is 18.5. The van der Waals surface area contributed by atoms with Crippen molar-refractivity contribution < 1.29 is 14.5 Å². The van der Waals surface area contributed by atoms with E-state index in [1.54, 1.807) is 6.07 Å². The topological polar surface area (TPSA) is 84.7 Å². The van der Waals surface area contributed by atoms with Crippen molar-refractivity contribution in [3.63, 3.8) is 0 Å². The van der Waals surface area contributed by atoms with Crippen LogP contribution in [0.1, 0.15) is 41.2 Å². The number of anilines is 1. The number of nitro benzene ring substituents is 1. The van der Waals surface area contributed by atoms with Crippen LogP contribution in [0.5, 0.6) is 5.75 Å². The first kappa shape index (κ1) is 17.3. The molecular formula is C20H21N3O4. The number of amides is 1. The first-order valence-electron chi connectivity index (χ1n) is 9.19. The van der Waals surface area contributed by atoms with Crippen molar-refractivity contribution in [1.82, 2.24) is 5.32 Å². The lowest BCUT2D eigenvalue weighted by molar-refractivity contribution is -0.384. The summed E-state index contributed by atoms with van der Waals surface area (Å²) in [6.45, 7) is 2.24. The van der Waals surface area contributed by atoms with E-state index in [1.807, 2.05) is 24.3 Å². The highest BCUT2D eigenvalue weighted by atomic mass is 16.6. The lowest BCUT2D eigenvalue weighted by atomic mass is 10.00. The van der Waals surface area contributed by atoms with Gasteiger partial charge in [-0.25, -0.2) is 0 Å². The number of para-hydroxylation sites is 1. The summed E-state index contributed by atoms with van der Waals surface area (Å²) in [5, 5.41) is 14.3. The molecule has 140 valence electrons. The third-order valence-electron chi connectivity index (χ3n) is 5.15. The second-order valence-corrected chi connectivity index (χ2v) is 6.85. The van der Waals surface area contributed by atoms with Gasteiger partial charge in [0.25, 0.3) is 11.6 Å². The maximum atomic E-state index is 13.1. The minimum Gasteiger partial charge on any atom is -0.493 e. The standard InChI is InChI=1S/C20H21N3O4/c24-20(21-17-9-12-27-19-6-2-1-5-15(17)19)16-13-14(23(25)26)7-8-18(16)22-10-3-4-11-22/h1-2,5-8,13,17H,3-4,9-12H2,(H,21,24)/t17-/m0/s1. The molecule has 1 saturated heterocycles. The predicted molar refractivity (Wildman–Crippen MR) is 101 cm³/mol. The quantitative estimate of drug-likeness (QED) is 0.661. The van der Waals surface area contributed by atoms with Crippen molar-refractivity contribution in [3.8, 4) is 5.75 Å². The van der Waals surface area contributed by atoms with E-state index >= 15 is 0 Å². The minimum absolute atomic E-state index is 0.0736. The molecule has 2 aromatic rings. The van der Waals surface area contributed by atoms with E-state index in [-0.39, 0.29) is 17.6 Å². The molecule has 2 heterocycles. The van der Waals surface area contributed by atoms with Crippen LogP contribution < -0.4 is 15.0 Å². The number of nitrogens with zero attached hydrogens (tertiary/aromatic N) is 2. The van der Waals surface area contributed by atoms with Gasteiger partial charge in [-0.15, -0.1) is 0 Å². The zero-order chi connectivity index (χ0) is 18.8. The van der Waals surface area contributed by atoms with E-state index in [2.05, 4.69) is 10.2 Å². The molecule has 1 atom stereocenters. The number of carbonyl (C=O) groups is 1. The number of nitro groups is 1. The monoisotopic (exact) mass is 367 g/mol. The second-order valence-electron chi connectivity index (χ2n) is 6.85. The maximum absolute atomic E-state index is 13.1. The number of hydrogen-bond acceptors (Lipinski definition) is 5. The Morgan fingerprint density at radius 1 is 1.19 bits per heavy atom. The zero-order valence-electron chi connectivity index (χ0n) is 14.9. The molecule has 0 radical (unpaired) electrons. The highest BCUT2D eigenvalue weighted by Crippen LogP contribution is 2.33. The number of carbonyl (C=O) groups excluding carboxylic acids is 1. The predicted octanol–water partition coefficient (Wildman–Crippen LogP) is 3.45. The van der Waals surface area contributed by atoms with Crippen molar-refractivity contribution in [2.24, 2.45) is 0 Å². The fourth-order valence-electron chi connectivity index (χ4n) is 3.78. The van der Waals surface area contributed by atoms with Gasteiger partial charge in [-0.3, -0.25) is 14.9 Å². The van der Waals surface area contributed by atoms with Gasteiger partial charge in [0.15, 0.2) is 0 Å². The Morgan fingerprint density at radius 2 is 1.96 bits per heavy atom. The second kappa shape index (κ2) is 7.26. The summed E-state index contributed by atoms with van der Waals surface area (Å²) >= 11 is 0. The number of non-ortho nitro benzene ring substituents is 1. The minimum atomic E-state index is -0.464. The van der Waals surface area contributed by atoms with E-state index in [0.29, 0.717) is 18.6 Å². The van der Waals surface area contributed by atoms with Crippen LogP contribution in [0, 0.1) is 10.1 Å². The van der Waals surface area contributed by atoms with Gasteiger partial charge in [0.05, 0.1) is 28.8 Å². The van der Waals surface area contributed by atoms with Gasteiger partial charge in [-0.2, -0.15) is 0 Å². The average molecular weight is 367 g/mol. The number of benzene rings is 2. The van der Waals surface area contributed by atoms with Crippen LogP contribution >= 0.6 is 0 Å². The van der Waals surface area contributed by atoms with Gasteiger partial charge in [0.2, 0.25) is 0 Å². The van der Waals surface area contributed by atoms with Crippen molar-refractivity contribution >= 4 is 17.3 Å². The fraction of sp³-hybridized carbons (Fsp3) is 0.350. The van der Waals surface area contributed by atoms with Crippen LogP contribution in [-0.4, -0.2) is 30.5 Å². The van der Waals surface area contributed by atoms with Gasteiger partial charge < -0.3 is 15.0 Å². The first-order chi connectivity index (χ1) is 13.1. The molecule has 0 aliphatic carbocycles. The molecule has 4 rings (SSSR count). The zero-order valence-corrected chi connectivity index (χ0v) is 14.9. The molecule has 0 saturated carbocycles. The number of rotatable bonds is 4. The van der Waals surface area contributed by atoms with Gasteiger partial charge >= 0.3 is 0 Å². The molecule has 1 fully saturated rings. The average Bonchev–Trinajstić information content (AvgIpc) is 3.22. The van der Waals surface area contributed by atoms with E-state index in [9.17, 15) is 14.9 Å². The van der Waals surface area contributed by atoms with E-state index < -0.39 is 4.92 Å². The van der Waals surface area contributed by atoms with Gasteiger partial charge in [-0.05, 0) is 25.0 Å². The molecule has 2 aliphatic rings. The summed E-state index contributed by atoms with van der Waals surface area (Å²) in [7, 11) is 0. The molecule has 0 aromatic heterocycles. The summed E-state index contributed by atoms with van der Waals surface area (Å²) in [6.07, 6.45) is 2.79. The van der Waals surface area contributed by atoms with E-state index in [4.69, 9.17) is 4.74 Å². The molecule has 7 heteroatoms. The summed E-state index contributed by atoms with van der Waals surface area (Å²) in [5.41, 5.74) is 1.98. The summed E-state index contributed by atoms with van der Waals surface area (Å²) in [5.74, 6) is 0.482. The molecule has 7 nitrogen and oxygen atoms in total. The van der Waals surface area contributed by atoms with Crippen molar-refractivity contribution in [2.75, 3.05) is 24.6 Å². The third-order valence-corrected chi connectivity index (χ3v) is 5.15. The highest BCUT2D eigenvalue weighted by Gasteiger charge is 2.27. The maximum Gasteiger partial charge on any atom is 0.270 e. The fourth-order valence-corrected chi connectivity index (χ4v) is 3.78. The van der Waals surface area contributed by atoms with Gasteiger partial charge in [0.1, 0.15) is 5.75 Å². The van der Waals surface area contributed by atoms with Crippen molar-refractivity contribution in [3.05, 3.63) is 63.7 Å². The van der Waals surface area contributed by atoms with E-state index in [0.717, 1.165) is 42.9 Å². The Morgan fingerprint density at radius 3 is 2.74 bits per heavy atom. The first-order valence-corrected chi connectivity index (χ1v) is 9.19. The van der Waals surface area contributed by atoms with Crippen LogP contribution in [0.25, 0.3) is 0 Å². The Labute approximate surface area is 157 Å². The lowest BCUT2D eigenvalue weighted by Crippen LogP contribution is -2.33. The number of hydrogen-bond donors (Lipinski definition) is 1. The highest BCUT2D eigenvalue weighted by molar-refractivity contribution is 6.00. The Bertz CT molecular complexity index is 877.